The number of halogens is 2. The molecule has 2 aromatic rings. The summed E-state index contributed by atoms with van der Waals surface area (Å²) in [5.74, 6) is 0. The maximum absolute atomic E-state index is 5.81. The zero-order valence-electron chi connectivity index (χ0n) is 7.78. The van der Waals surface area contributed by atoms with Crippen LogP contribution in [0, 0.1) is 0 Å². The zero-order valence-corrected chi connectivity index (χ0v) is 10.1. The van der Waals surface area contributed by atoms with Gasteiger partial charge in [-0.1, -0.05) is 35.0 Å². The fraction of sp³-hybridized carbons (Fsp3) is 0. The third-order valence-corrected chi connectivity index (χ3v) is 3.38. The Morgan fingerprint density at radius 1 is 0.588 bits per heavy atom. The quantitative estimate of drug-likeness (QED) is 0.760. The Labute approximate surface area is 160 Å². The normalized spacial score (nSPS) is 9.06. The molecule has 0 spiro atoms. The van der Waals surface area contributed by atoms with Crippen LogP contribution in [-0.4, -0.2) is 59.1 Å². The standard InChI is InChI=1S/C12H8Cl2S.2Na.2H/c13-9-1-5-11(6-2-9)15-12-7-3-10(14)4-8-12;;;;/h1-8H;;;;. The minimum atomic E-state index is 0. The Hall–Kier alpha value is 1.37. The van der Waals surface area contributed by atoms with Crippen molar-refractivity contribution in [1.29, 1.82) is 0 Å². The summed E-state index contributed by atoms with van der Waals surface area (Å²) in [5.41, 5.74) is 0. The maximum atomic E-state index is 5.81. The van der Waals surface area contributed by atoms with E-state index in [0.29, 0.717) is 0 Å². The van der Waals surface area contributed by atoms with E-state index in [1.807, 2.05) is 48.5 Å². The van der Waals surface area contributed by atoms with Crippen LogP contribution in [0.25, 0.3) is 0 Å². The Morgan fingerprint density at radius 2 is 0.882 bits per heavy atom. The third-order valence-electron chi connectivity index (χ3n) is 1.86. The van der Waals surface area contributed by atoms with Crippen molar-refractivity contribution in [3.8, 4) is 0 Å². The van der Waals surface area contributed by atoms with E-state index in [2.05, 4.69) is 0 Å². The molecule has 0 amide bonds. The van der Waals surface area contributed by atoms with Crippen LogP contribution in [0.2, 0.25) is 10.0 Å². The molecular formula is C12H10Cl2Na2S. The van der Waals surface area contributed by atoms with Crippen LogP contribution in [-0.2, 0) is 0 Å². The second-order valence-electron chi connectivity index (χ2n) is 3.01. The first-order chi connectivity index (χ1) is 7.24. The molecule has 0 unspecified atom stereocenters. The van der Waals surface area contributed by atoms with Crippen molar-refractivity contribution in [2.45, 2.75) is 9.79 Å². The molecule has 0 saturated carbocycles. The van der Waals surface area contributed by atoms with Crippen molar-refractivity contribution < 1.29 is 0 Å². The van der Waals surface area contributed by atoms with Crippen LogP contribution in [0.3, 0.4) is 0 Å². The molecule has 0 bridgehead atoms. The predicted molar refractivity (Wildman–Crippen MR) is 81.3 cm³/mol. The fourth-order valence-corrected chi connectivity index (χ4v) is 2.21. The van der Waals surface area contributed by atoms with Gasteiger partial charge in [-0.15, -0.1) is 0 Å². The van der Waals surface area contributed by atoms with Gasteiger partial charge in [0, 0.05) is 19.8 Å². The van der Waals surface area contributed by atoms with E-state index >= 15 is 0 Å². The first-order valence-corrected chi connectivity index (χ1v) is 6.00. The first-order valence-electron chi connectivity index (χ1n) is 4.43. The summed E-state index contributed by atoms with van der Waals surface area (Å²) in [4.78, 5) is 2.34. The van der Waals surface area contributed by atoms with E-state index < -0.39 is 0 Å². The molecular weight excluding hydrogens is 293 g/mol. The molecule has 5 heteroatoms. The van der Waals surface area contributed by atoms with Gasteiger partial charge < -0.3 is 0 Å². The van der Waals surface area contributed by atoms with E-state index in [1.165, 1.54) is 9.79 Å². The molecule has 0 heterocycles. The van der Waals surface area contributed by atoms with E-state index in [-0.39, 0.29) is 59.1 Å². The van der Waals surface area contributed by atoms with Gasteiger partial charge >= 0.3 is 59.1 Å². The number of rotatable bonds is 2. The van der Waals surface area contributed by atoms with Crippen LogP contribution in [0.5, 0.6) is 0 Å². The Balaban J connectivity index is 0.00000128. The summed E-state index contributed by atoms with van der Waals surface area (Å²) < 4.78 is 0. The van der Waals surface area contributed by atoms with E-state index in [9.17, 15) is 0 Å². The van der Waals surface area contributed by atoms with E-state index in [1.54, 1.807) is 11.8 Å². The topological polar surface area (TPSA) is 0 Å². The van der Waals surface area contributed by atoms with E-state index in [4.69, 9.17) is 23.2 Å². The van der Waals surface area contributed by atoms with Gasteiger partial charge in [0.2, 0.25) is 0 Å². The van der Waals surface area contributed by atoms with Crippen molar-refractivity contribution in [1.82, 2.24) is 0 Å². The zero-order chi connectivity index (χ0) is 10.7. The van der Waals surface area contributed by atoms with Crippen molar-refractivity contribution in [2.24, 2.45) is 0 Å². The predicted octanol–water partition coefficient (Wildman–Crippen LogP) is 3.85. The van der Waals surface area contributed by atoms with Crippen molar-refractivity contribution in [2.75, 3.05) is 0 Å². The number of hydrogen-bond donors (Lipinski definition) is 0. The van der Waals surface area contributed by atoms with Gasteiger partial charge in [0.1, 0.15) is 0 Å². The molecule has 2 rings (SSSR count). The number of benzene rings is 2. The molecule has 0 aromatic heterocycles. The molecule has 0 nitrogen and oxygen atoms in total. The Bertz CT molecular complexity index is 400. The molecule has 0 aliphatic heterocycles. The van der Waals surface area contributed by atoms with Crippen LogP contribution >= 0.6 is 35.0 Å². The number of hydrogen-bond acceptors (Lipinski definition) is 1. The Morgan fingerprint density at radius 3 is 1.18 bits per heavy atom. The molecule has 0 radical (unpaired) electrons. The summed E-state index contributed by atoms with van der Waals surface area (Å²) in [6, 6.07) is 15.6. The SMILES string of the molecule is Clc1ccc(Sc2ccc(Cl)cc2)cc1.[NaH].[NaH]. The second-order valence-corrected chi connectivity index (χ2v) is 5.03. The average molecular weight is 303 g/mol. The monoisotopic (exact) mass is 302 g/mol. The molecule has 80 valence electrons. The first kappa shape index (κ1) is 18.4. The Kier molecular flexibility index (Phi) is 10.1. The van der Waals surface area contributed by atoms with Crippen LogP contribution in [0.1, 0.15) is 0 Å². The molecule has 0 aliphatic rings. The van der Waals surface area contributed by atoms with Gasteiger partial charge in [-0.3, -0.25) is 0 Å². The average Bonchev–Trinajstić information content (AvgIpc) is 2.25. The fourth-order valence-electron chi connectivity index (χ4n) is 1.14. The second kappa shape index (κ2) is 9.30. The molecule has 0 fully saturated rings. The van der Waals surface area contributed by atoms with Crippen LogP contribution in [0.4, 0.5) is 0 Å². The van der Waals surface area contributed by atoms with Gasteiger partial charge in [0.15, 0.2) is 0 Å². The molecule has 0 N–H and O–H groups in total. The van der Waals surface area contributed by atoms with Crippen molar-refractivity contribution in [3.63, 3.8) is 0 Å². The summed E-state index contributed by atoms with van der Waals surface area (Å²) >= 11 is 13.3. The van der Waals surface area contributed by atoms with Crippen LogP contribution < -0.4 is 0 Å². The molecule has 0 atom stereocenters. The van der Waals surface area contributed by atoms with E-state index in [0.717, 1.165) is 10.0 Å². The van der Waals surface area contributed by atoms with Gasteiger partial charge in [-0.05, 0) is 48.5 Å². The van der Waals surface area contributed by atoms with Crippen molar-refractivity contribution in [3.05, 3.63) is 58.6 Å². The van der Waals surface area contributed by atoms with Gasteiger partial charge in [0.25, 0.3) is 0 Å². The summed E-state index contributed by atoms with van der Waals surface area (Å²) in [6.45, 7) is 0. The third kappa shape index (κ3) is 6.38. The molecule has 17 heavy (non-hydrogen) atoms. The van der Waals surface area contributed by atoms with Crippen molar-refractivity contribution >= 4 is 94.1 Å². The summed E-state index contributed by atoms with van der Waals surface area (Å²) in [6.07, 6.45) is 0. The van der Waals surface area contributed by atoms with Crippen LogP contribution in [0.15, 0.2) is 58.3 Å². The van der Waals surface area contributed by atoms with Gasteiger partial charge in [0.05, 0.1) is 0 Å². The molecule has 0 saturated heterocycles. The van der Waals surface area contributed by atoms with Gasteiger partial charge in [-0.25, -0.2) is 0 Å². The molecule has 0 aliphatic carbocycles. The van der Waals surface area contributed by atoms with Gasteiger partial charge in [-0.2, -0.15) is 0 Å². The summed E-state index contributed by atoms with van der Waals surface area (Å²) in [7, 11) is 0. The summed E-state index contributed by atoms with van der Waals surface area (Å²) in [5, 5.41) is 1.52. The molecule has 2 aromatic carbocycles. The minimum absolute atomic E-state index is 0.